The predicted octanol–water partition coefficient (Wildman–Crippen LogP) is 9.33. The number of rotatable bonds is 37. The smallest absolute Gasteiger partial charge is 0.472 e. The molecule has 50 heavy (non-hydrogen) atoms. The van der Waals surface area contributed by atoms with Gasteiger partial charge >= 0.3 is 19.8 Å². The second-order valence-corrected chi connectivity index (χ2v) is 14.9. The van der Waals surface area contributed by atoms with E-state index < -0.39 is 57.6 Å². The van der Waals surface area contributed by atoms with E-state index in [1.54, 1.807) is 0 Å². The molecule has 11 nitrogen and oxygen atoms in total. The molecule has 0 spiro atoms. The van der Waals surface area contributed by atoms with Crippen molar-refractivity contribution < 1.29 is 47.8 Å². The summed E-state index contributed by atoms with van der Waals surface area (Å²) in [6.45, 7) is 2.51. The second-order valence-electron chi connectivity index (χ2n) is 13.5. The summed E-state index contributed by atoms with van der Waals surface area (Å²) in [5.41, 5.74) is 0. The molecule has 1 amide bonds. The average molecular weight is 734 g/mol. The molecule has 0 aromatic carbocycles. The number of carboxylic acid groups (broad SMARTS) is 1. The number of hydrogen-bond donors (Lipinski definition) is 4. The second kappa shape index (κ2) is 34.3. The molecular weight excluding hydrogens is 661 g/mol. The lowest BCUT2D eigenvalue weighted by molar-refractivity contribution is -0.147. The maximum absolute atomic E-state index is 12.2. The summed E-state index contributed by atoms with van der Waals surface area (Å²) >= 11 is 0. The zero-order chi connectivity index (χ0) is 37.1. The minimum Gasteiger partial charge on any atom is -0.480 e. The Morgan fingerprint density at radius 1 is 0.620 bits per heavy atom. The molecule has 3 unspecified atom stereocenters. The molecule has 0 bridgehead atoms. The zero-order valence-corrected chi connectivity index (χ0v) is 32.4. The molecule has 0 aliphatic heterocycles. The lowest BCUT2D eigenvalue weighted by Crippen LogP contribution is -2.43. The number of phosphoric acid groups is 1. The van der Waals surface area contributed by atoms with Crippen molar-refractivity contribution in [1.29, 1.82) is 0 Å². The third kappa shape index (κ3) is 33.4. The van der Waals surface area contributed by atoms with Gasteiger partial charge in [0, 0.05) is 12.8 Å². The standard InChI is InChI=1S/C38H72NO10P/c1-3-5-7-9-11-12-13-14-15-16-17-18-19-20-21-22-24-26-28-30-37(42)47-31-34(40)32-48-50(45,46)49-33-35(38(43)44)39-36(41)29-27-25-23-10-8-6-4-2/h14-15,34-35,40H,3-13,16-33H2,1-2H3,(H,39,41)(H,43,44)(H,45,46)/b15-14+. The summed E-state index contributed by atoms with van der Waals surface area (Å²) in [5, 5.41) is 21.6. The number of carbonyl (C=O) groups is 3. The van der Waals surface area contributed by atoms with Crippen LogP contribution in [0.3, 0.4) is 0 Å². The van der Waals surface area contributed by atoms with Crippen molar-refractivity contribution in [2.45, 2.75) is 193 Å². The normalized spacial score (nSPS) is 14.0. The van der Waals surface area contributed by atoms with E-state index in [0.717, 1.165) is 51.4 Å². The van der Waals surface area contributed by atoms with Crippen LogP contribution >= 0.6 is 7.82 Å². The molecule has 294 valence electrons. The quantitative estimate of drug-likeness (QED) is 0.0209. The van der Waals surface area contributed by atoms with E-state index in [1.807, 2.05) is 0 Å². The van der Waals surface area contributed by atoms with Crippen LogP contribution in [0.25, 0.3) is 0 Å². The monoisotopic (exact) mass is 733 g/mol. The number of phosphoric ester groups is 1. The average Bonchev–Trinajstić information content (AvgIpc) is 3.08. The Kier molecular flexibility index (Phi) is 33.1. The maximum Gasteiger partial charge on any atom is 0.472 e. The lowest BCUT2D eigenvalue weighted by atomic mass is 10.1. The first-order valence-corrected chi connectivity index (χ1v) is 21.2. The molecule has 0 rings (SSSR count). The number of hydrogen-bond acceptors (Lipinski definition) is 8. The van der Waals surface area contributed by atoms with Gasteiger partial charge in [-0.25, -0.2) is 9.36 Å². The van der Waals surface area contributed by atoms with Gasteiger partial charge in [-0.2, -0.15) is 0 Å². The Labute approximate surface area is 303 Å². The third-order valence-corrected chi connectivity index (χ3v) is 9.51. The number of aliphatic carboxylic acids is 1. The summed E-state index contributed by atoms with van der Waals surface area (Å²) in [4.78, 5) is 45.5. The highest BCUT2D eigenvalue weighted by molar-refractivity contribution is 7.47. The number of carbonyl (C=O) groups excluding carboxylic acids is 2. The highest BCUT2D eigenvalue weighted by Crippen LogP contribution is 2.43. The highest BCUT2D eigenvalue weighted by atomic mass is 31.2. The zero-order valence-electron chi connectivity index (χ0n) is 31.5. The Morgan fingerprint density at radius 3 is 1.52 bits per heavy atom. The van der Waals surface area contributed by atoms with Gasteiger partial charge in [0.1, 0.15) is 12.7 Å². The number of aliphatic hydroxyl groups excluding tert-OH is 1. The van der Waals surface area contributed by atoms with Crippen molar-refractivity contribution in [3.63, 3.8) is 0 Å². The van der Waals surface area contributed by atoms with Crippen molar-refractivity contribution in [2.24, 2.45) is 0 Å². The number of allylic oxidation sites excluding steroid dienone is 2. The molecule has 0 aromatic rings. The highest BCUT2D eigenvalue weighted by Gasteiger charge is 2.28. The van der Waals surface area contributed by atoms with Crippen LogP contribution in [0.1, 0.15) is 181 Å². The van der Waals surface area contributed by atoms with Crippen molar-refractivity contribution in [3.8, 4) is 0 Å². The summed E-state index contributed by atoms with van der Waals surface area (Å²) in [6, 6.07) is -1.54. The van der Waals surface area contributed by atoms with E-state index in [9.17, 15) is 34.1 Å². The fourth-order valence-corrected chi connectivity index (χ4v) is 6.20. The number of esters is 1. The minimum absolute atomic E-state index is 0.147. The summed E-state index contributed by atoms with van der Waals surface area (Å²) in [6.07, 6.45) is 31.3. The van der Waals surface area contributed by atoms with Gasteiger partial charge in [0.25, 0.3) is 0 Å². The molecule has 4 N–H and O–H groups in total. The first-order valence-electron chi connectivity index (χ1n) is 19.7. The lowest BCUT2D eigenvalue weighted by Gasteiger charge is -2.18. The summed E-state index contributed by atoms with van der Waals surface area (Å²) < 4.78 is 26.7. The van der Waals surface area contributed by atoms with E-state index in [4.69, 9.17) is 13.8 Å². The van der Waals surface area contributed by atoms with Crippen LogP contribution < -0.4 is 5.32 Å². The van der Waals surface area contributed by atoms with Crippen LogP contribution in [0.4, 0.5) is 0 Å². The van der Waals surface area contributed by atoms with Gasteiger partial charge in [-0.15, -0.1) is 0 Å². The molecule has 0 aliphatic carbocycles. The van der Waals surface area contributed by atoms with Crippen LogP contribution in [-0.2, 0) is 32.7 Å². The number of nitrogens with one attached hydrogen (secondary N) is 1. The van der Waals surface area contributed by atoms with Crippen molar-refractivity contribution in [1.82, 2.24) is 5.32 Å². The SMILES string of the molecule is CCCCCCCC/C=C/CCCCCCCCCCCC(=O)OCC(O)COP(=O)(O)OCC(NC(=O)CCCCCCCCC)C(=O)O. The topological polar surface area (TPSA) is 169 Å². The Balaban J connectivity index is 3.84. The summed E-state index contributed by atoms with van der Waals surface area (Å²) in [7, 11) is -4.74. The van der Waals surface area contributed by atoms with Crippen LogP contribution in [0.2, 0.25) is 0 Å². The van der Waals surface area contributed by atoms with E-state index in [2.05, 4.69) is 31.3 Å². The largest absolute Gasteiger partial charge is 0.480 e. The van der Waals surface area contributed by atoms with Gasteiger partial charge in [-0.05, 0) is 38.5 Å². The van der Waals surface area contributed by atoms with E-state index in [-0.39, 0.29) is 12.8 Å². The maximum atomic E-state index is 12.2. The molecule has 0 radical (unpaired) electrons. The Morgan fingerprint density at radius 2 is 1.04 bits per heavy atom. The van der Waals surface area contributed by atoms with Crippen LogP contribution in [0.15, 0.2) is 12.2 Å². The first-order chi connectivity index (χ1) is 24.1. The van der Waals surface area contributed by atoms with Gasteiger partial charge in [0.15, 0.2) is 6.04 Å². The number of aliphatic hydroxyl groups is 1. The predicted molar refractivity (Wildman–Crippen MR) is 199 cm³/mol. The van der Waals surface area contributed by atoms with Crippen LogP contribution in [0, 0.1) is 0 Å². The fraction of sp³-hybridized carbons (Fsp3) is 0.868. The molecule has 3 atom stereocenters. The van der Waals surface area contributed by atoms with Gasteiger partial charge in [-0.1, -0.05) is 142 Å². The van der Waals surface area contributed by atoms with Gasteiger partial charge in [-0.3, -0.25) is 18.6 Å². The molecule has 0 saturated heterocycles. The van der Waals surface area contributed by atoms with Crippen LogP contribution in [0.5, 0.6) is 0 Å². The van der Waals surface area contributed by atoms with E-state index in [0.29, 0.717) is 12.8 Å². The number of unbranched alkanes of at least 4 members (excludes halogenated alkanes) is 21. The molecule has 0 aliphatic rings. The van der Waals surface area contributed by atoms with Crippen molar-refractivity contribution in [3.05, 3.63) is 12.2 Å². The molecular formula is C38H72NO10P. The number of ether oxygens (including phenoxy) is 1. The molecule has 0 heterocycles. The third-order valence-electron chi connectivity index (χ3n) is 8.55. The van der Waals surface area contributed by atoms with Crippen molar-refractivity contribution >= 4 is 25.7 Å². The Hall–Kier alpha value is -1.78. The Bertz CT molecular complexity index is 916. The van der Waals surface area contributed by atoms with Gasteiger partial charge < -0.3 is 25.2 Å². The number of amides is 1. The molecule has 0 aromatic heterocycles. The molecule has 12 heteroatoms. The van der Waals surface area contributed by atoms with E-state index >= 15 is 0 Å². The molecule has 0 fully saturated rings. The van der Waals surface area contributed by atoms with Gasteiger partial charge in [0.05, 0.1) is 13.2 Å². The fourth-order valence-electron chi connectivity index (χ4n) is 5.43. The summed E-state index contributed by atoms with van der Waals surface area (Å²) in [5.74, 6) is -2.38. The van der Waals surface area contributed by atoms with E-state index in [1.165, 1.54) is 89.9 Å². The van der Waals surface area contributed by atoms with Crippen LogP contribution in [-0.4, -0.2) is 64.9 Å². The molecule has 0 saturated carbocycles. The van der Waals surface area contributed by atoms with Gasteiger partial charge in [0.2, 0.25) is 5.91 Å². The minimum atomic E-state index is -4.74. The first kappa shape index (κ1) is 48.2. The number of carboxylic acids is 1. The van der Waals surface area contributed by atoms with Crippen molar-refractivity contribution in [2.75, 3.05) is 19.8 Å².